The van der Waals surface area contributed by atoms with Crippen LogP contribution in [0.2, 0.25) is 10.0 Å². The topological polar surface area (TPSA) is 90.1 Å². The van der Waals surface area contributed by atoms with Gasteiger partial charge >= 0.3 is 0 Å². The van der Waals surface area contributed by atoms with Gasteiger partial charge in [-0.15, -0.1) is 5.10 Å². The van der Waals surface area contributed by atoms with Crippen LogP contribution in [0, 0.1) is 0 Å². The zero-order valence-corrected chi connectivity index (χ0v) is 14.8. The average molecular weight is 389 g/mol. The van der Waals surface area contributed by atoms with E-state index >= 15 is 0 Å². The number of amides is 1. The number of aromatic nitrogens is 3. The summed E-state index contributed by atoms with van der Waals surface area (Å²) in [7, 11) is 1.52. The molecule has 7 nitrogen and oxygen atoms in total. The van der Waals surface area contributed by atoms with Gasteiger partial charge in [-0.1, -0.05) is 23.2 Å². The Bertz CT molecular complexity index is 1140. The fourth-order valence-corrected chi connectivity index (χ4v) is 3.11. The van der Waals surface area contributed by atoms with Crippen molar-refractivity contribution >= 4 is 56.9 Å². The highest BCUT2D eigenvalue weighted by molar-refractivity contribution is 6.40. The van der Waals surface area contributed by atoms with E-state index in [1.54, 1.807) is 18.2 Å². The lowest BCUT2D eigenvalue weighted by atomic mass is 10.1. The third-order valence-corrected chi connectivity index (χ3v) is 4.38. The highest BCUT2D eigenvalue weighted by Gasteiger charge is 2.22. The molecule has 0 fully saturated rings. The van der Waals surface area contributed by atoms with Crippen molar-refractivity contribution in [3.05, 3.63) is 52.4 Å². The summed E-state index contributed by atoms with van der Waals surface area (Å²) in [4.78, 5) is 16.8. The molecule has 3 aromatic heterocycles. The summed E-state index contributed by atoms with van der Waals surface area (Å²) >= 11 is 12.2. The molecule has 0 spiro atoms. The number of carbonyl (C=O) groups is 1. The summed E-state index contributed by atoms with van der Waals surface area (Å²) in [6.45, 7) is 0. The first-order valence-electron chi connectivity index (χ1n) is 7.41. The van der Waals surface area contributed by atoms with Crippen molar-refractivity contribution in [2.45, 2.75) is 0 Å². The van der Waals surface area contributed by atoms with Crippen LogP contribution >= 0.6 is 23.2 Å². The molecular formula is C17H10Cl2N4O3. The van der Waals surface area contributed by atoms with Crippen molar-refractivity contribution in [1.29, 1.82) is 0 Å². The van der Waals surface area contributed by atoms with Crippen LogP contribution in [0.5, 0.6) is 5.75 Å². The number of nitrogens with zero attached hydrogens (tertiary/aromatic N) is 3. The molecule has 0 aliphatic heterocycles. The highest BCUT2D eigenvalue weighted by Crippen LogP contribution is 2.36. The molecule has 130 valence electrons. The third kappa shape index (κ3) is 2.61. The molecule has 0 saturated heterocycles. The number of fused-ring (bicyclic) bond motifs is 3. The number of furan rings is 1. The Balaban J connectivity index is 1.90. The van der Waals surface area contributed by atoms with E-state index in [1.807, 2.05) is 0 Å². The minimum absolute atomic E-state index is 0.229. The molecule has 4 rings (SSSR count). The first-order valence-corrected chi connectivity index (χ1v) is 8.17. The Morgan fingerprint density at radius 2 is 1.96 bits per heavy atom. The summed E-state index contributed by atoms with van der Waals surface area (Å²) in [5.41, 5.74) is 1.95. The van der Waals surface area contributed by atoms with Gasteiger partial charge in [0.2, 0.25) is 0 Å². The molecule has 4 aromatic rings. The molecule has 0 unspecified atom stereocenters. The summed E-state index contributed by atoms with van der Waals surface area (Å²) in [5, 5.41) is 11.6. The first kappa shape index (κ1) is 16.6. The van der Waals surface area contributed by atoms with Crippen LogP contribution in [-0.2, 0) is 0 Å². The van der Waals surface area contributed by atoms with Crippen molar-refractivity contribution < 1.29 is 13.9 Å². The standard InChI is InChI=1S/C17H10Cl2N4O3/c1-25-12-3-2-8(13-15-11(26-16(12)13)4-5-21-23-15)17(24)22-14-9(18)6-20-7-10(14)19/h2-7H,1H3,(H,20,22,24). The Labute approximate surface area is 156 Å². The van der Waals surface area contributed by atoms with Gasteiger partial charge in [0.15, 0.2) is 16.9 Å². The largest absolute Gasteiger partial charge is 0.493 e. The van der Waals surface area contributed by atoms with Gasteiger partial charge in [0.05, 0.1) is 40.0 Å². The number of nitrogens with one attached hydrogen (secondary N) is 1. The SMILES string of the molecule is COc1ccc(C(=O)Nc2c(Cl)cncc2Cl)c2c1oc1ccnnc12. The van der Waals surface area contributed by atoms with E-state index in [-0.39, 0.29) is 15.7 Å². The lowest BCUT2D eigenvalue weighted by molar-refractivity contribution is 0.102. The summed E-state index contributed by atoms with van der Waals surface area (Å²) in [6, 6.07) is 4.92. The van der Waals surface area contributed by atoms with Crippen molar-refractivity contribution in [3.63, 3.8) is 0 Å². The van der Waals surface area contributed by atoms with Crippen molar-refractivity contribution in [1.82, 2.24) is 15.2 Å². The maximum atomic E-state index is 12.9. The number of hydrogen-bond acceptors (Lipinski definition) is 6. The van der Waals surface area contributed by atoms with Crippen LogP contribution in [0.3, 0.4) is 0 Å². The summed E-state index contributed by atoms with van der Waals surface area (Å²) in [5.74, 6) is 0.0514. The second-order valence-electron chi connectivity index (χ2n) is 5.30. The number of methoxy groups -OCH3 is 1. The third-order valence-electron chi connectivity index (χ3n) is 3.81. The second-order valence-corrected chi connectivity index (χ2v) is 6.11. The number of halogens is 2. The molecule has 9 heteroatoms. The van der Waals surface area contributed by atoms with Gasteiger partial charge in [0.25, 0.3) is 5.91 Å². The zero-order chi connectivity index (χ0) is 18.3. The maximum Gasteiger partial charge on any atom is 0.256 e. The van der Waals surface area contributed by atoms with E-state index in [9.17, 15) is 4.79 Å². The molecule has 0 radical (unpaired) electrons. The molecule has 3 heterocycles. The van der Waals surface area contributed by atoms with E-state index in [0.717, 1.165) is 0 Å². The monoisotopic (exact) mass is 388 g/mol. The van der Waals surface area contributed by atoms with E-state index in [1.165, 1.54) is 25.7 Å². The number of ether oxygens (including phenoxy) is 1. The number of anilines is 1. The Morgan fingerprint density at radius 3 is 2.69 bits per heavy atom. The van der Waals surface area contributed by atoms with Crippen LogP contribution in [0.1, 0.15) is 10.4 Å². The fraction of sp³-hybridized carbons (Fsp3) is 0.0588. The lowest BCUT2D eigenvalue weighted by Gasteiger charge is -2.10. The van der Waals surface area contributed by atoms with Gasteiger partial charge in [0.1, 0.15) is 5.52 Å². The number of rotatable bonds is 3. The van der Waals surface area contributed by atoms with Crippen LogP contribution in [-0.4, -0.2) is 28.2 Å². The molecule has 1 amide bonds. The fourth-order valence-electron chi connectivity index (χ4n) is 2.65. The molecule has 1 N–H and O–H groups in total. The Morgan fingerprint density at radius 1 is 1.19 bits per heavy atom. The minimum Gasteiger partial charge on any atom is -0.493 e. The van der Waals surface area contributed by atoms with Crippen molar-refractivity contribution in [3.8, 4) is 5.75 Å². The van der Waals surface area contributed by atoms with Crippen molar-refractivity contribution in [2.24, 2.45) is 0 Å². The summed E-state index contributed by atoms with van der Waals surface area (Å²) in [6.07, 6.45) is 4.30. The van der Waals surface area contributed by atoms with Gasteiger partial charge in [-0.05, 0) is 12.1 Å². The quantitative estimate of drug-likeness (QED) is 0.561. The lowest BCUT2D eigenvalue weighted by Crippen LogP contribution is -2.13. The van der Waals surface area contributed by atoms with Crippen LogP contribution in [0.25, 0.3) is 22.1 Å². The van der Waals surface area contributed by atoms with Crippen LogP contribution in [0.4, 0.5) is 5.69 Å². The van der Waals surface area contributed by atoms with Gasteiger partial charge in [0, 0.05) is 18.5 Å². The van der Waals surface area contributed by atoms with E-state index in [0.29, 0.717) is 33.4 Å². The smallest absolute Gasteiger partial charge is 0.256 e. The molecule has 0 atom stereocenters. The van der Waals surface area contributed by atoms with E-state index < -0.39 is 5.91 Å². The Kier molecular flexibility index (Phi) is 4.10. The maximum absolute atomic E-state index is 12.9. The van der Waals surface area contributed by atoms with Gasteiger partial charge < -0.3 is 14.5 Å². The van der Waals surface area contributed by atoms with Crippen molar-refractivity contribution in [2.75, 3.05) is 12.4 Å². The van der Waals surface area contributed by atoms with Gasteiger partial charge in [-0.2, -0.15) is 5.10 Å². The molecule has 26 heavy (non-hydrogen) atoms. The van der Waals surface area contributed by atoms with Crippen LogP contribution in [0.15, 0.2) is 41.2 Å². The molecular weight excluding hydrogens is 379 g/mol. The Hall–Kier alpha value is -2.90. The predicted octanol–water partition coefficient (Wildman–Crippen LogP) is 4.34. The highest BCUT2D eigenvalue weighted by atomic mass is 35.5. The molecule has 0 bridgehead atoms. The van der Waals surface area contributed by atoms with Gasteiger partial charge in [-0.25, -0.2) is 0 Å². The number of pyridine rings is 1. The molecule has 1 aromatic carbocycles. The zero-order valence-electron chi connectivity index (χ0n) is 13.3. The molecule has 0 aliphatic carbocycles. The van der Waals surface area contributed by atoms with Gasteiger partial charge in [-0.3, -0.25) is 9.78 Å². The summed E-state index contributed by atoms with van der Waals surface area (Å²) < 4.78 is 11.1. The first-order chi connectivity index (χ1) is 12.6. The normalized spacial score (nSPS) is 11.0. The second kappa shape index (κ2) is 6.44. The van der Waals surface area contributed by atoms with Crippen LogP contribution < -0.4 is 10.1 Å². The molecule has 0 saturated carbocycles. The number of benzene rings is 1. The number of hydrogen-bond donors (Lipinski definition) is 1. The minimum atomic E-state index is -0.430. The predicted molar refractivity (Wildman–Crippen MR) is 98.1 cm³/mol. The van der Waals surface area contributed by atoms with E-state index in [4.69, 9.17) is 32.4 Å². The average Bonchev–Trinajstić information content (AvgIpc) is 3.03. The van der Waals surface area contributed by atoms with E-state index in [2.05, 4.69) is 20.5 Å². The number of carbonyl (C=O) groups excluding carboxylic acids is 1. The molecule has 0 aliphatic rings.